The van der Waals surface area contributed by atoms with E-state index >= 15 is 0 Å². The van der Waals surface area contributed by atoms with Gasteiger partial charge >= 0.3 is 0 Å². The minimum absolute atomic E-state index is 0.340. The van der Waals surface area contributed by atoms with E-state index in [1.807, 2.05) is 0 Å². The second kappa shape index (κ2) is 3.32. The van der Waals surface area contributed by atoms with E-state index in [2.05, 4.69) is 5.32 Å². The summed E-state index contributed by atoms with van der Waals surface area (Å²) in [5, 5.41) is 3.61. The Balaban J connectivity index is 2.05. The van der Waals surface area contributed by atoms with Crippen LogP contribution in [0.1, 0.15) is 19.3 Å². The average molecular weight is 170 g/mol. The Morgan fingerprint density at radius 2 is 2.17 bits per heavy atom. The molecule has 2 rings (SSSR count). The normalized spacial score (nSPS) is 34.2. The number of hydrogen-bond donors (Lipinski definition) is 2. The lowest BCUT2D eigenvalue weighted by molar-refractivity contribution is 0.0294. The number of rotatable bonds is 1. The Kier molecular flexibility index (Phi) is 2.35. The summed E-state index contributed by atoms with van der Waals surface area (Å²) in [6.45, 7) is 3.78. The summed E-state index contributed by atoms with van der Waals surface area (Å²) in [6, 6.07) is 0. The van der Waals surface area contributed by atoms with E-state index in [0.29, 0.717) is 11.5 Å². The summed E-state index contributed by atoms with van der Waals surface area (Å²) in [7, 11) is 0. The van der Waals surface area contributed by atoms with E-state index in [9.17, 15) is 0 Å². The van der Waals surface area contributed by atoms with E-state index < -0.39 is 0 Å². The molecule has 0 amide bonds. The van der Waals surface area contributed by atoms with E-state index in [-0.39, 0.29) is 0 Å². The van der Waals surface area contributed by atoms with Gasteiger partial charge in [0, 0.05) is 18.8 Å². The van der Waals surface area contributed by atoms with Crippen LogP contribution in [0.15, 0.2) is 0 Å². The van der Waals surface area contributed by atoms with Crippen molar-refractivity contribution in [1.82, 2.24) is 5.32 Å². The monoisotopic (exact) mass is 170 g/mol. The number of nitrogens with two attached hydrogens (primary N) is 1. The third kappa shape index (κ3) is 1.26. The van der Waals surface area contributed by atoms with Gasteiger partial charge in [-0.2, -0.15) is 0 Å². The van der Waals surface area contributed by atoms with Gasteiger partial charge in [-0.3, -0.25) is 0 Å². The topological polar surface area (TPSA) is 47.3 Å². The maximum absolute atomic E-state index is 5.76. The van der Waals surface area contributed by atoms with Crippen LogP contribution in [0.5, 0.6) is 0 Å². The lowest BCUT2D eigenvalue weighted by Crippen LogP contribution is -2.51. The second-order valence-electron chi connectivity index (χ2n) is 3.92. The Morgan fingerprint density at radius 1 is 1.42 bits per heavy atom. The van der Waals surface area contributed by atoms with Crippen LogP contribution < -0.4 is 11.1 Å². The van der Waals surface area contributed by atoms with Gasteiger partial charge in [0.1, 0.15) is 0 Å². The van der Waals surface area contributed by atoms with Gasteiger partial charge in [0.05, 0.1) is 0 Å². The molecule has 12 heavy (non-hydrogen) atoms. The van der Waals surface area contributed by atoms with E-state index in [4.69, 9.17) is 10.5 Å². The quantitative estimate of drug-likeness (QED) is 0.587. The van der Waals surface area contributed by atoms with Crippen LogP contribution >= 0.6 is 0 Å². The highest BCUT2D eigenvalue weighted by atomic mass is 16.5. The summed E-state index contributed by atoms with van der Waals surface area (Å²) in [5.74, 6) is 0.682. The average Bonchev–Trinajstić information content (AvgIpc) is 2.49. The largest absolute Gasteiger partial charge is 0.381 e. The molecule has 1 atom stereocenters. The van der Waals surface area contributed by atoms with Gasteiger partial charge < -0.3 is 15.8 Å². The van der Waals surface area contributed by atoms with Crippen molar-refractivity contribution in [3.63, 3.8) is 0 Å². The lowest BCUT2D eigenvalue weighted by Gasteiger charge is -2.38. The zero-order valence-corrected chi connectivity index (χ0v) is 7.51. The van der Waals surface area contributed by atoms with Crippen molar-refractivity contribution in [3.05, 3.63) is 0 Å². The minimum atomic E-state index is 0.340. The third-order valence-electron chi connectivity index (χ3n) is 3.42. The molecule has 3 N–H and O–H groups in total. The molecule has 2 aliphatic rings. The SMILES string of the molecule is NCC1CCNC12CCOCC2. The molecule has 2 saturated heterocycles. The van der Waals surface area contributed by atoms with E-state index in [1.165, 1.54) is 6.42 Å². The fourth-order valence-corrected chi connectivity index (χ4v) is 2.58. The molecule has 0 aromatic heterocycles. The summed E-state index contributed by atoms with van der Waals surface area (Å²) in [6.07, 6.45) is 3.54. The molecule has 2 fully saturated rings. The van der Waals surface area contributed by atoms with Crippen molar-refractivity contribution in [2.24, 2.45) is 11.7 Å². The standard InChI is InChI=1S/C9H18N2O/c10-7-8-1-4-11-9(8)2-5-12-6-3-9/h8,11H,1-7,10H2. The molecule has 3 heteroatoms. The van der Waals surface area contributed by atoms with Crippen molar-refractivity contribution in [2.45, 2.75) is 24.8 Å². The van der Waals surface area contributed by atoms with Crippen LogP contribution in [0.4, 0.5) is 0 Å². The molecule has 2 heterocycles. The van der Waals surface area contributed by atoms with Crippen molar-refractivity contribution in [3.8, 4) is 0 Å². The predicted molar refractivity (Wildman–Crippen MR) is 47.9 cm³/mol. The molecule has 2 aliphatic heterocycles. The highest BCUT2D eigenvalue weighted by Gasteiger charge is 2.42. The maximum Gasteiger partial charge on any atom is 0.0483 e. The zero-order valence-electron chi connectivity index (χ0n) is 7.51. The number of hydrogen-bond acceptors (Lipinski definition) is 3. The first-order chi connectivity index (χ1) is 5.87. The Labute approximate surface area is 73.7 Å². The predicted octanol–water partition coefficient (Wildman–Crippen LogP) is 0.104. The van der Waals surface area contributed by atoms with Crippen LogP contribution in [-0.2, 0) is 4.74 Å². The molecular formula is C9H18N2O. The van der Waals surface area contributed by atoms with Gasteiger partial charge in [-0.15, -0.1) is 0 Å². The fourth-order valence-electron chi connectivity index (χ4n) is 2.58. The van der Waals surface area contributed by atoms with Gasteiger partial charge in [0.2, 0.25) is 0 Å². The van der Waals surface area contributed by atoms with Gasteiger partial charge in [0.15, 0.2) is 0 Å². The first-order valence-corrected chi connectivity index (χ1v) is 4.90. The van der Waals surface area contributed by atoms with E-state index in [1.54, 1.807) is 0 Å². The van der Waals surface area contributed by atoms with Gasteiger partial charge in [0.25, 0.3) is 0 Å². The molecule has 0 radical (unpaired) electrons. The van der Waals surface area contributed by atoms with E-state index in [0.717, 1.165) is 39.1 Å². The molecule has 0 aliphatic carbocycles. The van der Waals surface area contributed by atoms with Crippen molar-refractivity contribution >= 4 is 0 Å². The highest BCUT2D eigenvalue weighted by molar-refractivity contribution is 5.00. The molecule has 1 unspecified atom stereocenters. The summed E-state index contributed by atoms with van der Waals surface area (Å²) >= 11 is 0. The summed E-state index contributed by atoms with van der Waals surface area (Å²) in [4.78, 5) is 0. The summed E-state index contributed by atoms with van der Waals surface area (Å²) < 4.78 is 5.37. The third-order valence-corrected chi connectivity index (χ3v) is 3.42. The smallest absolute Gasteiger partial charge is 0.0483 e. The fraction of sp³-hybridized carbons (Fsp3) is 1.00. The number of nitrogens with one attached hydrogen (secondary N) is 1. The molecule has 0 aromatic rings. The first kappa shape index (κ1) is 8.48. The maximum atomic E-state index is 5.76. The Morgan fingerprint density at radius 3 is 2.83 bits per heavy atom. The van der Waals surface area contributed by atoms with Crippen LogP contribution in [0.25, 0.3) is 0 Å². The molecule has 0 bridgehead atoms. The van der Waals surface area contributed by atoms with Gasteiger partial charge in [-0.25, -0.2) is 0 Å². The molecule has 1 spiro atoms. The Hall–Kier alpha value is -0.120. The van der Waals surface area contributed by atoms with Crippen LogP contribution in [0.2, 0.25) is 0 Å². The van der Waals surface area contributed by atoms with Crippen molar-refractivity contribution in [2.75, 3.05) is 26.3 Å². The molecule has 0 aromatic carbocycles. The lowest BCUT2D eigenvalue weighted by atomic mass is 9.79. The van der Waals surface area contributed by atoms with Crippen LogP contribution in [-0.4, -0.2) is 31.8 Å². The molecule has 70 valence electrons. The highest BCUT2D eigenvalue weighted by Crippen LogP contribution is 2.34. The number of ether oxygens (including phenoxy) is 1. The second-order valence-corrected chi connectivity index (χ2v) is 3.92. The molecule has 0 saturated carbocycles. The first-order valence-electron chi connectivity index (χ1n) is 4.90. The van der Waals surface area contributed by atoms with Crippen molar-refractivity contribution < 1.29 is 4.74 Å². The van der Waals surface area contributed by atoms with Crippen LogP contribution in [0.3, 0.4) is 0 Å². The molecule has 3 nitrogen and oxygen atoms in total. The van der Waals surface area contributed by atoms with Crippen molar-refractivity contribution in [1.29, 1.82) is 0 Å². The zero-order chi connectivity index (χ0) is 8.44. The van der Waals surface area contributed by atoms with Crippen LogP contribution in [0, 0.1) is 5.92 Å². The van der Waals surface area contributed by atoms with Gasteiger partial charge in [-0.05, 0) is 38.3 Å². The summed E-state index contributed by atoms with van der Waals surface area (Å²) in [5.41, 5.74) is 6.10. The molecular weight excluding hydrogens is 152 g/mol. The Bertz CT molecular complexity index is 155. The van der Waals surface area contributed by atoms with Gasteiger partial charge in [-0.1, -0.05) is 0 Å². The minimum Gasteiger partial charge on any atom is -0.381 e.